The van der Waals surface area contributed by atoms with Gasteiger partial charge < -0.3 is 4.90 Å². The predicted octanol–water partition coefficient (Wildman–Crippen LogP) is 5.80. The summed E-state index contributed by atoms with van der Waals surface area (Å²) in [7, 11) is 0. The molecule has 0 bridgehead atoms. The van der Waals surface area contributed by atoms with E-state index in [0.29, 0.717) is 5.91 Å². The number of nitrogens with zero attached hydrogens (tertiary/aromatic N) is 1. The van der Waals surface area contributed by atoms with Crippen molar-refractivity contribution < 1.29 is 4.79 Å². The number of amides is 1. The van der Waals surface area contributed by atoms with Crippen molar-refractivity contribution in [2.45, 2.75) is 98.8 Å². The molecule has 0 saturated carbocycles. The van der Waals surface area contributed by atoms with E-state index < -0.39 is 0 Å². The second-order valence-corrected chi connectivity index (χ2v) is 7.37. The van der Waals surface area contributed by atoms with Crippen molar-refractivity contribution in [3.05, 3.63) is 0 Å². The molecule has 0 aromatic carbocycles. The molecule has 0 fully saturated rings. The Labute approximate surface area is 133 Å². The van der Waals surface area contributed by atoms with Gasteiger partial charge in [-0.25, -0.2) is 0 Å². The smallest absolute Gasteiger partial charge is 0.227 e. The molecule has 0 spiro atoms. The van der Waals surface area contributed by atoms with E-state index in [2.05, 4.69) is 18.7 Å². The van der Waals surface area contributed by atoms with Gasteiger partial charge in [0.1, 0.15) is 0 Å². The van der Waals surface area contributed by atoms with Gasteiger partial charge in [0, 0.05) is 18.5 Å². The molecule has 21 heavy (non-hydrogen) atoms. The zero-order valence-electron chi connectivity index (χ0n) is 15.3. The van der Waals surface area contributed by atoms with E-state index in [9.17, 15) is 4.79 Å². The number of rotatable bonds is 12. The molecule has 126 valence electrons. The molecule has 2 heteroatoms. The fourth-order valence-corrected chi connectivity index (χ4v) is 2.60. The van der Waals surface area contributed by atoms with Gasteiger partial charge in [0.05, 0.1) is 0 Å². The summed E-state index contributed by atoms with van der Waals surface area (Å²) in [5.41, 5.74) is -0.243. The normalized spacial score (nSPS) is 11.7. The summed E-state index contributed by atoms with van der Waals surface area (Å²) in [4.78, 5) is 14.7. The monoisotopic (exact) mass is 297 g/mol. The molecule has 0 aromatic rings. The minimum atomic E-state index is -0.243. The van der Waals surface area contributed by atoms with Crippen molar-refractivity contribution in [1.82, 2.24) is 4.90 Å². The molecule has 0 aliphatic rings. The molecule has 0 rings (SSSR count). The summed E-state index contributed by atoms with van der Waals surface area (Å²) in [6.45, 7) is 12.5. The highest BCUT2D eigenvalue weighted by molar-refractivity contribution is 5.81. The summed E-state index contributed by atoms with van der Waals surface area (Å²) in [6.07, 6.45) is 12.7. The lowest BCUT2D eigenvalue weighted by atomic mass is 9.94. The maximum atomic E-state index is 12.5. The molecule has 0 radical (unpaired) electrons. The number of hydrogen-bond acceptors (Lipinski definition) is 1. The maximum absolute atomic E-state index is 12.5. The van der Waals surface area contributed by atoms with Crippen molar-refractivity contribution in [3.8, 4) is 0 Å². The summed E-state index contributed by atoms with van der Waals surface area (Å²) < 4.78 is 0. The second-order valence-electron chi connectivity index (χ2n) is 7.37. The molecule has 0 aromatic heterocycles. The van der Waals surface area contributed by atoms with Crippen molar-refractivity contribution in [2.75, 3.05) is 13.1 Å². The largest absolute Gasteiger partial charge is 0.342 e. The van der Waals surface area contributed by atoms with E-state index in [1.54, 1.807) is 0 Å². The van der Waals surface area contributed by atoms with Crippen LogP contribution in [0.25, 0.3) is 0 Å². The van der Waals surface area contributed by atoms with Crippen LogP contribution >= 0.6 is 0 Å². The SMILES string of the molecule is CCCCCCCN(CCCCCCC)C(=O)C(C)(C)C. The molecular formula is C19H39NO. The van der Waals surface area contributed by atoms with Crippen LogP contribution < -0.4 is 0 Å². The number of hydrogen-bond donors (Lipinski definition) is 0. The lowest BCUT2D eigenvalue weighted by Crippen LogP contribution is -2.40. The molecule has 0 aliphatic carbocycles. The van der Waals surface area contributed by atoms with E-state index >= 15 is 0 Å². The topological polar surface area (TPSA) is 20.3 Å². The van der Waals surface area contributed by atoms with Gasteiger partial charge >= 0.3 is 0 Å². The first-order valence-corrected chi connectivity index (χ1v) is 9.22. The molecule has 0 aliphatic heterocycles. The Bertz CT molecular complexity index is 241. The lowest BCUT2D eigenvalue weighted by Gasteiger charge is -2.29. The van der Waals surface area contributed by atoms with Crippen molar-refractivity contribution in [1.29, 1.82) is 0 Å². The van der Waals surface area contributed by atoms with Crippen LogP contribution in [0.3, 0.4) is 0 Å². The Kier molecular flexibility index (Phi) is 11.8. The molecule has 1 amide bonds. The molecule has 0 N–H and O–H groups in total. The summed E-state index contributed by atoms with van der Waals surface area (Å²) in [5.74, 6) is 0.327. The van der Waals surface area contributed by atoms with Crippen LogP contribution in [0, 0.1) is 5.41 Å². The Balaban J connectivity index is 4.13. The first-order valence-electron chi connectivity index (χ1n) is 9.22. The third-order valence-electron chi connectivity index (χ3n) is 3.99. The van der Waals surface area contributed by atoms with Crippen LogP contribution in [0.5, 0.6) is 0 Å². The lowest BCUT2D eigenvalue weighted by molar-refractivity contribution is -0.139. The fraction of sp³-hybridized carbons (Fsp3) is 0.947. The quantitative estimate of drug-likeness (QED) is 0.417. The fourth-order valence-electron chi connectivity index (χ4n) is 2.60. The van der Waals surface area contributed by atoms with Crippen LogP contribution in [0.15, 0.2) is 0 Å². The highest BCUT2D eigenvalue weighted by Gasteiger charge is 2.26. The van der Waals surface area contributed by atoms with E-state index in [1.165, 1.54) is 51.4 Å². The van der Waals surface area contributed by atoms with E-state index in [-0.39, 0.29) is 5.41 Å². The zero-order chi connectivity index (χ0) is 16.1. The minimum absolute atomic E-state index is 0.243. The summed E-state index contributed by atoms with van der Waals surface area (Å²) in [6, 6.07) is 0. The van der Waals surface area contributed by atoms with Crippen molar-refractivity contribution in [3.63, 3.8) is 0 Å². The molecule has 0 saturated heterocycles. The van der Waals surface area contributed by atoms with Gasteiger partial charge in [0.15, 0.2) is 0 Å². The molecule has 0 heterocycles. The third kappa shape index (κ3) is 10.8. The van der Waals surface area contributed by atoms with Crippen LogP contribution in [-0.4, -0.2) is 23.9 Å². The van der Waals surface area contributed by atoms with Gasteiger partial charge in [0.25, 0.3) is 0 Å². The number of carbonyl (C=O) groups is 1. The molecule has 2 nitrogen and oxygen atoms in total. The van der Waals surface area contributed by atoms with Gasteiger partial charge in [-0.05, 0) is 12.8 Å². The van der Waals surface area contributed by atoms with E-state index in [4.69, 9.17) is 0 Å². The van der Waals surface area contributed by atoms with Gasteiger partial charge in [-0.3, -0.25) is 4.79 Å². The first-order chi connectivity index (χ1) is 9.93. The average molecular weight is 298 g/mol. The minimum Gasteiger partial charge on any atom is -0.342 e. The van der Waals surface area contributed by atoms with Crippen LogP contribution in [0.1, 0.15) is 98.8 Å². The van der Waals surface area contributed by atoms with E-state index in [0.717, 1.165) is 25.9 Å². The molecule has 0 unspecified atom stereocenters. The molecule has 0 atom stereocenters. The Morgan fingerprint density at radius 2 is 1.10 bits per heavy atom. The number of unbranched alkanes of at least 4 members (excludes halogenated alkanes) is 8. The summed E-state index contributed by atoms with van der Waals surface area (Å²) >= 11 is 0. The number of carbonyl (C=O) groups excluding carboxylic acids is 1. The third-order valence-corrected chi connectivity index (χ3v) is 3.99. The summed E-state index contributed by atoms with van der Waals surface area (Å²) in [5, 5.41) is 0. The van der Waals surface area contributed by atoms with Crippen LogP contribution in [0.4, 0.5) is 0 Å². The highest BCUT2D eigenvalue weighted by Crippen LogP contribution is 2.19. The average Bonchev–Trinajstić information content (AvgIpc) is 2.43. The zero-order valence-corrected chi connectivity index (χ0v) is 15.3. The van der Waals surface area contributed by atoms with Gasteiger partial charge in [-0.2, -0.15) is 0 Å². The highest BCUT2D eigenvalue weighted by atomic mass is 16.2. The Hall–Kier alpha value is -0.530. The second kappa shape index (κ2) is 12.1. The first kappa shape index (κ1) is 20.5. The van der Waals surface area contributed by atoms with Crippen molar-refractivity contribution >= 4 is 5.91 Å². The van der Waals surface area contributed by atoms with Crippen LogP contribution in [-0.2, 0) is 4.79 Å². The van der Waals surface area contributed by atoms with E-state index in [1.807, 2.05) is 20.8 Å². The van der Waals surface area contributed by atoms with Gasteiger partial charge in [-0.1, -0.05) is 86.0 Å². The Morgan fingerprint density at radius 1 is 0.714 bits per heavy atom. The predicted molar refractivity (Wildman–Crippen MR) is 93.6 cm³/mol. The standard InChI is InChI=1S/C19H39NO/c1-6-8-10-12-14-16-20(18(21)19(3,4)5)17-15-13-11-9-7-2/h6-17H2,1-5H3. The maximum Gasteiger partial charge on any atom is 0.227 e. The van der Waals surface area contributed by atoms with Crippen LogP contribution in [0.2, 0.25) is 0 Å². The van der Waals surface area contributed by atoms with Gasteiger partial charge in [0.2, 0.25) is 5.91 Å². The van der Waals surface area contributed by atoms with Crippen molar-refractivity contribution in [2.24, 2.45) is 5.41 Å². The molecular weight excluding hydrogens is 258 g/mol. The Morgan fingerprint density at radius 3 is 1.43 bits per heavy atom. The van der Waals surface area contributed by atoms with Gasteiger partial charge in [-0.15, -0.1) is 0 Å².